The van der Waals surface area contributed by atoms with Crippen LogP contribution in [-0.4, -0.2) is 22.6 Å². The fourth-order valence-corrected chi connectivity index (χ4v) is 1.56. The zero-order chi connectivity index (χ0) is 14.6. The molecule has 1 rings (SSSR count). The second-order valence-corrected chi connectivity index (χ2v) is 5.73. The Balaban J connectivity index is 2.90. The standard InChI is InChI=1S/C15H24N2O2/c1-9(2)11(5)8-16-14-7-12(15(18)19)6-13(17-14)10(3)4/h6-7,9-11H,8H2,1-5H3,(H,16,17)(H,18,19). The molecule has 1 aromatic heterocycles. The number of nitrogens with one attached hydrogen (secondary N) is 1. The van der Waals surface area contributed by atoms with Crippen LogP contribution in [0, 0.1) is 11.8 Å². The van der Waals surface area contributed by atoms with Crippen LogP contribution < -0.4 is 5.32 Å². The normalized spacial score (nSPS) is 12.8. The zero-order valence-corrected chi connectivity index (χ0v) is 12.4. The third-order valence-electron chi connectivity index (χ3n) is 3.43. The number of anilines is 1. The van der Waals surface area contributed by atoms with Crippen molar-refractivity contribution in [2.24, 2.45) is 11.8 Å². The van der Waals surface area contributed by atoms with Crippen LogP contribution in [0.15, 0.2) is 12.1 Å². The van der Waals surface area contributed by atoms with E-state index < -0.39 is 5.97 Å². The zero-order valence-electron chi connectivity index (χ0n) is 12.4. The second kappa shape index (κ2) is 6.55. The quantitative estimate of drug-likeness (QED) is 0.824. The Bertz CT molecular complexity index is 442. The summed E-state index contributed by atoms with van der Waals surface area (Å²) in [6.45, 7) is 11.3. The van der Waals surface area contributed by atoms with Crippen LogP contribution in [0.4, 0.5) is 5.82 Å². The van der Waals surface area contributed by atoms with Crippen LogP contribution in [0.5, 0.6) is 0 Å². The molecule has 0 saturated carbocycles. The first-order valence-corrected chi connectivity index (χ1v) is 6.80. The van der Waals surface area contributed by atoms with Gasteiger partial charge in [0.25, 0.3) is 0 Å². The summed E-state index contributed by atoms with van der Waals surface area (Å²) in [4.78, 5) is 15.6. The van der Waals surface area contributed by atoms with Crippen LogP contribution in [-0.2, 0) is 0 Å². The lowest BCUT2D eigenvalue weighted by atomic mass is 9.98. The Morgan fingerprint density at radius 3 is 2.37 bits per heavy atom. The highest BCUT2D eigenvalue weighted by molar-refractivity contribution is 5.88. The first-order chi connectivity index (χ1) is 8.81. The number of rotatable bonds is 6. The highest BCUT2D eigenvalue weighted by Gasteiger charge is 2.12. The number of aromatic carboxylic acids is 1. The molecule has 0 aliphatic carbocycles. The van der Waals surface area contributed by atoms with E-state index in [1.54, 1.807) is 12.1 Å². The minimum atomic E-state index is -0.913. The van der Waals surface area contributed by atoms with E-state index in [9.17, 15) is 4.79 Å². The fraction of sp³-hybridized carbons (Fsp3) is 0.600. The smallest absolute Gasteiger partial charge is 0.335 e. The predicted octanol–water partition coefficient (Wildman–Crippen LogP) is 3.61. The summed E-state index contributed by atoms with van der Waals surface area (Å²) < 4.78 is 0. The molecule has 2 N–H and O–H groups in total. The van der Waals surface area contributed by atoms with Gasteiger partial charge in [0, 0.05) is 12.2 Å². The molecule has 0 aromatic carbocycles. The number of carboxylic acids is 1. The number of pyridine rings is 1. The second-order valence-electron chi connectivity index (χ2n) is 5.73. The summed E-state index contributed by atoms with van der Waals surface area (Å²) in [7, 11) is 0. The maximum absolute atomic E-state index is 11.1. The number of hydrogen-bond acceptors (Lipinski definition) is 3. The van der Waals surface area contributed by atoms with Crippen molar-refractivity contribution in [3.05, 3.63) is 23.4 Å². The van der Waals surface area contributed by atoms with Gasteiger partial charge in [-0.3, -0.25) is 0 Å². The van der Waals surface area contributed by atoms with Crippen molar-refractivity contribution in [3.63, 3.8) is 0 Å². The monoisotopic (exact) mass is 264 g/mol. The first kappa shape index (κ1) is 15.5. The van der Waals surface area contributed by atoms with Crippen LogP contribution in [0.2, 0.25) is 0 Å². The molecule has 0 aliphatic rings. The molecule has 0 aliphatic heterocycles. The molecule has 0 saturated heterocycles. The minimum absolute atomic E-state index is 0.211. The van der Waals surface area contributed by atoms with Crippen molar-refractivity contribution in [2.75, 3.05) is 11.9 Å². The van der Waals surface area contributed by atoms with Gasteiger partial charge in [0.05, 0.1) is 5.56 Å². The summed E-state index contributed by atoms with van der Waals surface area (Å²) in [6, 6.07) is 3.24. The van der Waals surface area contributed by atoms with Crippen molar-refractivity contribution in [1.82, 2.24) is 4.98 Å². The molecule has 1 atom stereocenters. The van der Waals surface area contributed by atoms with E-state index in [1.807, 2.05) is 13.8 Å². The summed E-state index contributed by atoms with van der Waals surface area (Å²) in [6.07, 6.45) is 0. The van der Waals surface area contributed by atoms with E-state index in [1.165, 1.54) is 0 Å². The summed E-state index contributed by atoms with van der Waals surface area (Å²) in [5.41, 5.74) is 1.10. The Kier molecular flexibility index (Phi) is 5.33. The molecule has 19 heavy (non-hydrogen) atoms. The Morgan fingerprint density at radius 2 is 1.89 bits per heavy atom. The molecule has 4 nitrogen and oxygen atoms in total. The van der Waals surface area contributed by atoms with Crippen LogP contribution >= 0.6 is 0 Å². The van der Waals surface area contributed by atoms with Gasteiger partial charge in [-0.1, -0.05) is 34.6 Å². The fourth-order valence-electron chi connectivity index (χ4n) is 1.56. The van der Waals surface area contributed by atoms with E-state index in [2.05, 4.69) is 31.1 Å². The molecule has 0 fully saturated rings. The van der Waals surface area contributed by atoms with Gasteiger partial charge in [-0.25, -0.2) is 9.78 Å². The van der Waals surface area contributed by atoms with Crippen molar-refractivity contribution in [3.8, 4) is 0 Å². The molecule has 4 heteroatoms. The minimum Gasteiger partial charge on any atom is -0.478 e. The molecule has 1 heterocycles. The largest absolute Gasteiger partial charge is 0.478 e. The van der Waals surface area contributed by atoms with Gasteiger partial charge < -0.3 is 10.4 Å². The van der Waals surface area contributed by atoms with Crippen LogP contribution in [0.1, 0.15) is 56.6 Å². The predicted molar refractivity (Wildman–Crippen MR) is 77.8 cm³/mol. The van der Waals surface area contributed by atoms with Crippen molar-refractivity contribution in [2.45, 2.75) is 40.5 Å². The molecule has 106 valence electrons. The summed E-state index contributed by atoms with van der Waals surface area (Å²) in [5, 5.41) is 12.4. The van der Waals surface area contributed by atoms with E-state index in [0.717, 1.165) is 12.2 Å². The number of carboxylic acid groups (broad SMARTS) is 1. The number of nitrogens with zero attached hydrogens (tertiary/aromatic N) is 1. The Morgan fingerprint density at radius 1 is 1.26 bits per heavy atom. The highest BCUT2D eigenvalue weighted by atomic mass is 16.4. The van der Waals surface area contributed by atoms with Gasteiger partial charge in [-0.15, -0.1) is 0 Å². The van der Waals surface area contributed by atoms with E-state index in [-0.39, 0.29) is 5.92 Å². The van der Waals surface area contributed by atoms with Crippen LogP contribution in [0.25, 0.3) is 0 Å². The maximum Gasteiger partial charge on any atom is 0.335 e. The molecule has 0 bridgehead atoms. The Hall–Kier alpha value is -1.58. The average Bonchev–Trinajstić information content (AvgIpc) is 2.35. The molecular formula is C15H24N2O2. The van der Waals surface area contributed by atoms with E-state index in [0.29, 0.717) is 23.2 Å². The number of aromatic nitrogens is 1. The van der Waals surface area contributed by atoms with Crippen molar-refractivity contribution >= 4 is 11.8 Å². The average molecular weight is 264 g/mol. The summed E-state index contributed by atoms with van der Waals surface area (Å²) >= 11 is 0. The topological polar surface area (TPSA) is 62.2 Å². The number of carbonyl (C=O) groups is 1. The molecular weight excluding hydrogens is 240 g/mol. The SMILES string of the molecule is CC(C)c1cc(C(=O)O)cc(NCC(C)C(C)C)n1. The maximum atomic E-state index is 11.1. The molecule has 1 aromatic rings. The summed E-state index contributed by atoms with van der Waals surface area (Å²) in [5.74, 6) is 1.04. The third-order valence-corrected chi connectivity index (χ3v) is 3.43. The van der Waals surface area contributed by atoms with Crippen molar-refractivity contribution in [1.29, 1.82) is 0 Å². The lowest BCUT2D eigenvalue weighted by Gasteiger charge is -2.17. The van der Waals surface area contributed by atoms with Gasteiger partial charge >= 0.3 is 5.97 Å². The number of hydrogen-bond donors (Lipinski definition) is 2. The molecule has 0 amide bonds. The van der Waals surface area contributed by atoms with Gasteiger partial charge in [0.2, 0.25) is 0 Å². The Labute approximate surface area is 115 Å². The van der Waals surface area contributed by atoms with Gasteiger partial charge in [-0.05, 0) is 29.9 Å². The lowest BCUT2D eigenvalue weighted by molar-refractivity contribution is 0.0696. The lowest BCUT2D eigenvalue weighted by Crippen LogP contribution is -2.17. The molecule has 0 spiro atoms. The van der Waals surface area contributed by atoms with Gasteiger partial charge in [-0.2, -0.15) is 0 Å². The van der Waals surface area contributed by atoms with Gasteiger partial charge in [0.1, 0.15) is 5.82 Å². The van der Waals surface area contributed by atoms with Gasteiger partial charge in [0.15, 0.2) is 0 Å². The van der Waals surface area contributed by atoms with Crippen LogP contribution in [0.3, 0.4) is 0 Å². The molecule has 1 unspecified atom stereocenters. The molecule has 0 radical (unpaired) electrons. The highest BCUT2D eigenvalue weighted by Crippen LogP contribution is 2.18. The first-order valence-electron chi connectivity index (χ1n) is 6.80. The third kappa shape index (κ3) is 4.54. The van der Waals surface area contributed by atoms with Crippen molar-refractivity contribution < 1.29 is 9.90 Å². The van der Waals surface area contributed by atoms with E-state index in [4.69, 9.17) is 5.11 Å². The van der Waals surface area contributed by atoms with E-state index >= 15 is 0 Å².